The highest BCUT2D eigenvalue weighted by molar-refractivity contribution is 6.33. The van der Waals surface area contributed by atoms with Gasteiger partial charge in [-0.1, -0.05) is 23.7 Å². The number of nitrogens with zero attached hydrogens (tertiary/aromatic N) is 1. The average Bonchev–Trinajstić information content (AvgIpc) is 2.07. The maximum Gasteiger partial charge on any atom is 0.485 e. The molecule has 0 atom stereocenters. The molecule has 0 aromatic heterocycles. The third-order valence-corrected chi connectivity index (χ3v) is 2.13. The maximum absolute atomic E-state index is 12.4. The molecule has 0 amide bonds. The van der Waals surface area contributed by atoms with Crippen LogP contribution in [0.3, 0.4) is 0 Å². The molecule has 0 spiro atoms. The molecule has 0 unspecified atom stereocenters. The Hall–Kier alpha value is -0.610. The van der Waals surface area contributed by atoms with Crippen molar-refractivity contribution in [2.75, 3.05) is 10.9 Å². The van der Waals surface area contributed by atoms with Crippen molar-refractivity contribution in [2.24, 2.45) is 0 Å². The Morgan fingerprint density at radius 3 is 2.21 bits per heavy atom. The molecule has 1 aromatic rings. The van der Waals surface area contributed by atoms with Gasteiger partial charge in [-0.25, -0.2) is 0 Å². The third-order valence-electron chi connectivity index (χ3n) is 1.57. The van der Waals surface area contributed by atoms with Gasteiger partial charge in [0.15, 0.2) is 0 Å². The van der Waals surface area contributed by atoms with Crippen LogP contribution in [0, 0.1) is 0 Å². The third kappa shape index (κ3) is 2.45. The van der Waals surface area contributed by atoms with E-state index in [1.807, 2.05) is 0 Å². The van der Waals surface area contributed by atoms with Crippen molar-refractivity contribution >= 4 is 28.9 Å². The fourth-order valence-electron chi connectivity index (χ4n) is 0.939. The number of halogens is 5. The molecule has 0 aliphatic rings. The number of hydrogen-bond donors (Lipinski definition) is 0. The molecule has 0 saturated carbocycles. The van der Waals surface area contributed by atoms with Crippen LogP contribution in [0.1, 0.15) is 0 Å². The Balaban J connectivity index is 3.08. The quantitative estimate of drug-likeness (QED) is 0.563. The summed E-state index contributed by atoms with van der Waals surface area (Å²) in [5.41, 5.74) is -0.142. The Morgan fingerprint density at radius 2 is 1.79 bits per heavy atom. The number of benzene rings is 1. The molecule has 1 aromatic carbocycles. The van der Waals surface area contributed by atoms with Crippen LogP contribution >= 0.6 is 23.2 Å². The van der Waals surface area contributed by atoms with Crippen molar-refractivity contribution in [3.05, 3.63) is 29.3 Å². The fraction of sp³-hybridized carbons (Fsp3) is 0.250. The van der Waals surface area contributed by atoms with E-state index < -0.39 is 12.3 Å². The first-order chi connectivity index (χ1) is 6.46. The lowest BCUT2D eigenvalue weighted by Crippen LogP contribution is -2.37. The van der Waals surface area contributed by atoms with E-state index in [0.29, 0.717) is 0 Å². The lowest BCUT2D eigenvalue weighted by Gasteiger charge is -2.25. The molecule has 6 heteroatoms. The zero-order valence-electron chi connectivity index (χ0n) is 6.85. The van der Waals surface area contributed by atoms with Crippen LogP contribution in [0.5, 0.6) is 0 Å². The van der Waals surface area contributed by atoms with Gasteiger partial charge in [0.05, 0.1) is 10.7 Å². The van der Waals surface area contributed by atoms with Gasteiger partial charge < -0.3 is 0 Å². The summed E-state index contributed by atoms with van der Waals surface area (Å²) in [5.74, 6) is 0. The van der Waals surface area contributed by atoms with Crippen molar-refractivity contribution in [1.82, 2.24) is 0 Å². The SMILES string of the molecule is FC(F)(F)N(CCl)c1ccccc1Cl. The van der Waals surface area contributed by atoms with E-state index in [1.54, 1.807) is 6.07 Å². The monoisotopic (exact) mass is 243 g/mol. The minimum Gasteiger partial charge on any atom is -0.269 e. The highest BCUT2D eigenvalue weighted by Gasteiger charge is 2.37. The molecule has 14 heavy (non-hydrogen) atoms. The molecular weight excluding hydrogens is 238 g/mol. The predicted molar refractivity (Wildman–Crippen MR) is 50.7 cm³/mol. The molecule has 0 saturated heterocycles. The highest BCUT2D eigenvalue weighted by Crippen LogP contribution is 2.33. The largest absolute Gasteiger partial charge is 0.485 e. The van der Waals surface area contributed by atoms with E-state index in [0.717, 1.165) is 0 Å². The van der Waals surface area contributed by atoms with Gasteiger partial charge in [-0.05, 0) is 12.1 Å². The molecule has 78 valence electrons. The summed E-state index contributed by atoms with van der Waals surface area (Å²) in [6.07, 6.45) is -4.52. The van der Waals surface area contributed by atoms with E-state index >= 15 is 0 Å². The summed E-state index contributed by atoms with van der Waals surface area (Å²) in [5, 5.41) is 0.0190. The lowest BCUT2D eigenvalue weighted by atomic mass is 10.3. The standard InChI is InChI=1S/C8H6Cl2F3N/c9-5-14(8(11,12)13)7-4-2-1-3-6(7)10/h1-4H,5H2. The zero-order chi connectivity index (χ0) is 10.8. The van der Waals surface area contributed by atoms with E-state index in [9.17, 15) is 13.2 Å². The van der Waals surface area contributed by atoms with Crippen molar-refractivity contribution in [1.29, 1.82) is 0 Å². The topological polar surface area (TPSA) is 3.24 Å². The summed E-state index contributed by atoms with van der Waals surface area (Å²) in [4.78, 5) is 0.0664. The van der Waals surface area contributed by atoms with Gasteiger partial charge in [0, 0.05) is 0 Å². The first-order valence-electron chi connectivity index (χ1n) is 3.61. The highest BCUT2D eigenvalue weighted by atomic mass is 35.5. The fourth-order valence-corrected chi connectivity index (χ4v) is 1.44. The smallest absolute Gasteiger partial charge is 0.269 e. The molecule has 0 N–H and O–H groups in total. The summed E-state index contributed by atoms with van der Waals surface area (Å²) in [7, 11) is 0. The van der Waals surface area contributed by atoms with Gasteiger partial charge in [0.25, 0.3) is 0 Å². The predicted octanol–water partition coefficient (Wildman–Crippen LogP) is 3.86. The van der Waals surface area contributed by atoms with Crippen molar-refractivity contribution in [3.8, 4) is 0 Å². The van der Waals surface area contributed by atoms with Crippen molar-refractivity contribution in [2.45, 2.75) is 6.30 Å². The minimum absolute atomic E-state index is 0.0190. The Morgan fingerprint density at radius 1 is 1.21 bits per heavy atom. The van der Waals surface area contributed by atoms with Gasteiger partial charge >= 0.3 is 6.30 Å². The zero-order valence-corrected chi connectivity index (χ0v) is 8.37. The minimum atomic E-state index is -4.52. The second-order valence-electron chi connectivity index (χ2n) is 2.47. The second kappa shape index (κ2) is 4.28. The van der Waals surface area contributed by atoms with Crippen LogP contribution in [-0.2, 0) is 0 Å². The molecule has 0 aliphatic heterocycles. The Kier molecular flexibility index (Phi) is 3.50. The van der Waals surface area contributed by atoms with Gasteiger partial charge in [-0.15, -0.1) is 11.6 Å². The Labute approximate surface area is 89.0 Å². The number of para-hydroxylation sites is 1. The normalized spacial score (nSPS) is 11.5. The lowest BCUT2D eigenvalue weighted by molar-refractivity contribution is -0.126. The molecule has 0 bridgehead atoms. The van der Waals surface area contributed by atoms with Crippen molar-refractivity contribution in [3.63, 3.8) is 0 Å². The van der Waals surface area contributed by atoms with Gasteiger partial charge in [0.2, 0.25) is 0 Å². The van der Waals surface area contributed by atoms with E-state index in [2.05, 4.69) is 0 Å². The molecule has 0 radical (unpaired) electrons. The summed E-state index contributed by atoms with van der Waals surface area (Å²) in [6.45, 7) is 0. The Bertz CT molecular complexity index is 314. The molecule has 0 aliphatic carbocycles. The van der Waals surface area contributed by atoms with Gasteiger partial charge in [-0.3, -0.25) is 4.90 Å². The first-order valence-corrected chi connectivity index (χ1v) is 4.53. The molecule has 1 nitrogen and oxygen atoms in total. The number of hydrogen-bond acceptors (Lipinski definition) is 1. The van der Waals surface area contributed by atoms with Crippen LogP contribution < -0.4 is 4.90 Å². The maximum atomic E-state index is 12.4. The van der Waals surface area contributed by atoms with Crippen molar-refractivity contribution < 1.29 is 13.2 Å². The molecule has 1 rings (SSSR count). The van der Waals surface area contributed by atoms with Gasteiger partial charge in [0.1, 0.15) is 6.00 Å². The van der Waals surface area contributed by atoms with E-state index in [1.165, 1.54) is 18.2 Å². The number of rotatable bonds is 2. The summed E-state index contributed by atoms with van der Waals surface area (Å²) < 4.78 is 37.1. The van der Waals surface area contributed by atoms with E-state index in [4.69, 9.17) is 23.2 Å². The van der Waals surface area contributed by atoms with Crippen LogP contribution in [0.15, 0.2) is 24.3 Å². The van der Waals surface area contributed by atoms with Crippen LogP contribution in [0.4, 0.5) is 18.9 Å². The van der Waals surface area contributed by atoms with E-state index in [-0.39, 0.29) is 15.6 Å². The van der Waals surface area contributed by atoms with Gasteiger partial charge in [-0.2, -0.15) is 13.2 Å². The summed E-state index contributed by atoms with van der Waals surface area (Å²) in [6, 6.07) is 4.97. The van der Waals surface area contributed by atoms with Crippen LogP contribution in [-0.4, -0.2) is 12.3 Å². The molecule has 0 heterocycles. The molecule has 0 fully saturated rings. The first kappa shape index (κ1) is 11.5. The number of alkyl halides is 4. The van der Waals surface area contributed by atoms with Crippen LogP contribution in [0.2, 0.25) is 5.02 Å². The van der Waals surface area contributed by atoms with Crippen LogP contribution in [0.25, 0.3) is 0 Å². The number of anilines is 1. The second-order valence-corrected chi connectivity index (χ2v) is 3.11. The molecular formula is C8H6Cl2F3N. The average molecular weight is 244 g/mol. The summed E-state index contributed by atoms with van der Waals surface area (Å²) >= 11 is 10.8.